The largest absolute Gasteiger partial charge is 0.515 e. The molecule has 3 nitrogen and oxygen atoms in total. The number of hydrogen-bond acceptors (Lipinski definition) is 3. The van der Waals surface area contributed by atoms with Crippen LogP contribution in [0.4, 0.5) is 0 Å². The highest BCUT2D eigenvalue weighted by atomic mass is 16.7. The Morgan fingerprint density at radius 3 is 2.05 bits per heavy atom. The fourth-order valence-corrected chi connectivity index (χ4v) is 2.84. The van der Waals surface area contributed by atoms with Crippen molar-refractivity contribution in [3.63, 3.8) is 0 Å². The summed E-state index contributed by atoms with van der Waals surface area (Å²) >= 11 is 0. The van der Waals surface area contributed by atoms with Gasteiger partial charge in [-0.15, -0.1) is 0 Å². The van der Waals surface area contributed by atoms with E-state index in [0.29, 0.717) is 5.92 Å². The molecule has 1 aromatic heterocycles. The molecule has 1 aliphatic rings. The fraction of sp³-hybridized carbons (Fsp3) is 0.500. The molecule has 2 heterocycles. The molecule has 3 rings (SSSR count). The van der Waals surface area contributed by atoms with E-state index in [4.69, 9.17) is 14.3 Å². The molecule has 2 aromatic rings. The number of rotatable bonds is 2. The third kappa shape index (κ3) is 2.35. The van der Waals surface area contributed by atoms with Crippen LogP contribution in [0.15, 0.2) is 30.5 Å². The molecule has 0 aliphatic carbocycles. The number of benzene rings is 1. The first kappa shape index (κ1) is 15.5. The van der Waals surface area contributed by atoms with Gasteiger partial charge >= 0.3 is 7.12 Å². The van der Waals surface area contributed by atoms with E-state index in [1.807, 2.05) is 12.3 Å². The van der Waals surface area contributed by atoms with Gasteiger partial charge in [0.05, 0.1) is 16.8 Å². The van der Waals surface area contributed by atoms with Gasteiger partial charge in [0.1, 0.15) is 0 Å². The molecule has 0 unspecified atom stereocenters. The van der Waals surface area contributed by atoms with Gasteiger partial charge in [0.2, 0.25) is 0 Å². The Bertz CT molecular complexity index is 693. The average molecular weight is 297 g/mol. The van der Waals surface area contributed by atoms with E-state index in [0.717, 1.165) is 11.0 Å². The third-order valence-corrected chi connectivity index (χ3v) is 4.96. The molecule has 0 radical (unpaired) electrons. The first-order chi connectivity index (χ1) is 10.2. The first-order valence-electron chi connectivity index (χ1n) is 7.96. The summed E-state index contributed by atoms with van der Waals surface area (Å²) in [6, 6.07) is 8.38. The minimum atomic E-state index is -0.420. The zero-order valence-corrected chi connectivity index (χ0v) is 14.3. The van der Waals surface area contributed by atoms with Crippen molar-refractivity contribution in [2.24, 2.45) is 0 Å². The summed E-state index contributed by atoms with van der Waals surface area (Å²) in [5.41, 5.74) is 1.43. The first-order valence-corrected chi connectivity index (χ1v) is 7.96. The van der Waals surface area contributed by atoms with Crippen molar-refractivity contribution in [3.8, 4) is 0 Å². The Morgan fingerprint density at radius 1 is 0.955 bits per heavy atom. The molecule has 0 saturated carbocycles. The molecule has 1 saturated heterocycles. The predicted octanol–water partition coefficient (Wildman–Crippen LogP) is 3.66. The second-order valence-corrected chi connectivity index (χ2v) is 7.39. The standard InChI is InChI=1S/C18H24BNO2/c1-12(2)15-11-20-16(14-10-8-7-9-13(14)15)19-21-17(3,4)18(5,6)22-19/h7-12H,1-6H3. The van der Waals surface area contributed by atoms with Crippen LogP contribution < -0.4 is 5.59 Å². The molecule has 116 valence electrons. The molecule has 1 aromatic carbocycles. The van der Waals surface area contributed by atoms with E-state index >= 15 is 0 Å². The van der Waals surface area contributed by atoms with Gasteiger partial charge in [0.15, 0.2) is 0 Å². The van der Waals surface area contributed by atoms with Gasteiger partial charge in [-0.25, -0.2) is 0 Å². The van der Waals surface area contributed by atoms with Crippen LogP contribution in [0, 0.1) is 0 Å². The number of nitrogens with zero attached hydrogens (tertiary/aromatic N) is 1. The van der Waals surface area contributed by atoms with Crippen molar-refractivity contribution in [2.45, 2.75) is 58.7 Å². The summed E-state index contributed by atoms with van der Waals surface area (Å²) in [7, 11) is -0.420. The second kappa shape index (κ2) is 5.07. The SMILES string of the molecule is CC(C)c1cnc(B2OC(C)(C)C(C)(C)O2)c2ccccc12. The number of pyridine rings is 1. The lowest BCUT2D eigenvalue weighted by atomic mass is 9.80. The van der Waals surface area contributed by atoms with Crippen LogP contribution in [0.1, 0.15) is 53.0 Å². The predicted molar refractivity (Wildman–Crippen MR) is 91.5 cm³/mol. The van der Waals surface area contributed by atoms with E-state index < -0.39 is 7.12 Å². The van der Waals surface area contributed by atoms with E-state index in [2.05, 4.69) is 59.7 Å². The molecule has 0 atom stereocenters. The maximum atomic E-state index is 6.17. The molecular weight excluding hydrogens is 273 g/mol. The molecule has 1 fully saturated rings. The van der Waals surface area contributed by atoms with Gasteiger partial charge in [-0.3, -0.25) is 4.98 Å². The molecule has 0 N–H and O–H groups in total. The Hall–Kier alpha value is -1.39. The van der Waals surface area contributed by atoms with Crippen LogP contribution in [-0.2, 0) is 9.31 Å². The summed E-state index contributed by atoms with van der Waals surface area (Å²) in [6.07, 6.45) is 1.97. The van der Waals surface area contributed by atoms with Gasteiger partial charge in [0, 0.05) is 11.6 Å². The summed E-state index contributed by atoms with van der Waals surface area (Å²) in [5.74, 6) is 0.435. The molecule has 0 amide bonds. The maximum absolute atomic E-state index is 6.17. The van der Waals surface area contributed by atoms with Gasteiger partial charge in [-0.2, -0.15) is 0 Å². The van der Waals surface area contributed by atoms with Crippen LogP contribution in [0.5, 0.6) is 0 Å². The highest BCUT2D eigenvalue weighted by molar-refractivity contribution is 6.64. The van der Waals surface area contributed by atoms with Crippen molar-refractivity contribution in [1.29, 1.82) is 0 Å². The van der Waals surface area contributed by atoms with Crippen molar-refractivity contribution in [2.75, 3.05) is 0 Å². The van der Waals surface area contributed by atoms with Gasteiger partial charge in [0.25, 0.3) is 0 Å². The quantitative estimate of drug-likeness (QED) is 0.793. The van der Waals surface area contributed by atoms with Crippen molar-refractivity contribution in [3.05, 3.63) is 36.0 Å². The van der Waals surface area contributed by atoms with Crippen molar-refractivity contribution in [1.82, 2.24) is 4.98 Å². The minimum Gasteiger partial charge on any atom is -0.398 e. The van der Waals surface area contributed by atoms with Crippen LogP contribution in [0.2, 0.25) is 0 Å². The molecule has 0 spiro atoms. The molecule has 22 heavy (non-hydrogen) atoms. The smallest absolute Gasteiger partial charge is 0.398 e. The van der Waals surface area contributed by atoms with Crippen LogP contribution in [0.3, 0.4) is 0 Å². The molecule has 0 bridgehead atoms. The Morgan fingerprint density at radius 2 is 1.50 bits per heavy atom. The lowest BCUT2D eigenvalue weighted by Crippen LogP contribution is -2.41. The maximum Gasteiger partial charge on any atom is 0.515 e. The van der Waals surface area contributed by atoms with Crippen LogP contribution >= 0.6 is 0 Å². The molecule has 4 heteroatoms. The van der Waals surface area contributed by atoms with E-state index in [9.17, 15) is 0 Å². The lowest BCUT2D eigenvalue weighted by Gasteiger charge is -2.32. The second-order valence-electron chi connectivity index (χ2n) is 7.39. The monoisotopic (exact) mass is 297 g/mol. The van der Waals surface area contributed by atoms with Crippen LogP contribution in [-0.4, -0.2) is 23.3 Å². The Balaban J connectivity index is 2.12. The van der Waals surface area contributed by atoms with Crippen molar-refractivity contribution < 1.29 is 9.31 Å². The summed E-state index contributed by atoms with van der Waals surface area (Å²) in [5, 5.41) is 2.35. The third-order valence-electron chi connectivity index (χ3n) is 4.96. The van der Waals surface area contributed by atoms with E-state index in [1.165, 1.54) is 10.9 Å². The van der Waals surface area contributed by atoms with E-state index in [-0.39, 0.29) is 11.2 Å². The summed E-state index contributed by atoms with van der Waals surface area (Å²) < 4.78 is 12.3. The zero-order chi connectivity index (χ0) is 16.1. The Labute approximate surface area is 133 Å². The summed E-state index contributed by atoms with van der Waals surface area (Å²) in [4.78, 5) is 4.69. The highest BCUT2D eigenvalue weighted by Gasteiger charge is 2.52. The summed E-state index contributed by atoms with van der Waals surface area (Å²) in [6.45, 7) is 12.7. The van der Waals surface area contributed by atoms with Gasteiger partial charge in [-0.05, 0) is 44.6 Å². The lowest BCUT2D eigenvalue weighted by molar-refractivity contribution is 0.00578. The van der Waals surface area contributed by atoms with Crippen LogP contribution in [0.25, 0.3) is 10.8 Å². The number of hydrogen-bond donors (Lipinski definition) is 0. The van der Waals surface area contributed by atoms with E-state index in [1.54, 1.807) is 0 Å². The minimum absolute atomic E-state index is 0.350. The molecule has 1 aliphatic heterocycles. The van der Waals surface area contributed by atoms with Crippen molar-refractivity contribution >= 4 is 23.5 Å². The zero-order valence-electron chi connectivity index (χ0n) is 14.3. The topological polar surface area (TPSA) is 31.4 Å². The average Bonchev–Trinajstić information content (AvgIpc) is 2.65. The highest BCUT2D eigenvalue weighted by Crippen LogP contribution is 2.37. The molecular formula is C18H24BNO2. The normalized spacial score (nSPS) is 20.0. The number of fused-ring (bicyclic) bond motifs is 1. The van der Waals surface area contributed by atoms with Gasteiger partial charge in [-0.1, -0.05) is 38.1 Å². The fourth-order valence-electron chi connectivity index (χ4n) is 2.84. The Kier molecular flexibility index (Phi) is 3.57. The van der Waals surface area contributed by atoms with Gasteiger partial charge < -0.3 is 9.31 Å². The number of aromatic nitrogens is 1.